The second-order valence-corrected chi connectivity index (χ2v) is 4.53. The van der Waals surface area contributed by atoms with E-state index in [4.69, 9.17) is 5.11 Å². The van der Waals surface area contributed by atoms with Gasteiger partial charge < -0.3 is 10.2 Å². The van der Waals surface area contributed by atoms with Crippen molar-refractivity contribution >= 4 is 5.97 Å². The lowest BCUT2D eigenvalue weighted by Gasteiger charge is -2.35. The molecular formula is C10H16F3NO3. The third-order valence-corrected chi connectivity index (χ3v) is 3.14. The van der Waals surface area contributed by atoms with Crippen LogP contribution in [-0.4, -0.2) is 53.0 Å². The molecule has 2 N–H and O–H groups in total. The zero-order valence-electron chi connectivity index (χ0n) is 9.44. The third kappa shape index (κ3) is 3.85. The fourth-order valence-corrected chi connectivity index (χ4v) is 1.86. The Labute approximate surface area is 97.0 Å². The van der Waals surface area contributed by atoms with E-state index in [2.05, 4.69) is 0 Å². The standard InChI is InChI=1S/C10H16F3NO3/c1-6-2-3-14(5-8(6)15)4-7(9(16)17)10(11,12)13/h6-8,15H,2-5H2,1H3,(H,16,17). The number of β-amino-alcohol motifs (C(OH)–C–C–N with tert-alkyl or cyclic N) is 1. The van der Waals surface area contributed by atoms with Crippen molar-refractivity contribution in [2.24, 2.45) is 11.8 Å². The molecule has 100 valence electrons. The van der Waals surface area contributed by atoms with Crippen molar-refractivity contribution in [3.8, 4) is 0 Å². The summed E-state index contributed by atoms with van der Waals surface area (Å²) in [6, 6.07) is 0. The van der Waals surface area contributed by atoms with Gasteiger partial charge in [-0.15, -0.1) is 0 Å². The molecular weight excluding hydrogens is 239 g/mol. The van der Waals surface area contributed by atoms with Gasteiger partial charge >= 0.3 is 12.1 Å². The zero-order chi connectivity index (χ0) is 13.2. The number of alkyl halides is 3. The molecule has 1 heterocycles. The van der Waals surface area contributed by atoms with Gasteiger partial charge in [-0.05, 0) is 18.9 Å². The van der Waals surface area contributed by atoms with E-state index < -0.39 is 30.7 Å². The summed E-state index contributed by atoms with van der Waals surface area (Å²) in [5.74, 6) is -4.21. The normalized spacial score (nSPS) is 29.0. The first-order valence-electron chi connectivity index (χ1n) is 5.41. The second-order valence-electron chi connectivity index (χ2n) is 4.53. The van der Waals surface area contributed by atoms with Crippen molar-refractivity contribution in [2.45, 2.75) is 25.6 Å². The smallest absolute Gasteiger partial charge is 0.403 e. The number of piperidine rings is 1. The van der Waals surface area contributed by atoms with Crippen LogP contribution in [0.4, 0.5) is 13.2 Å². The lowest BCUT2D eigenvalue weighted by molar-refractivity contribution is -0.197. The maximum absolute atomic E-state index is 12.4. The number of hydrogen-bond donors (Lipinski definition) is 2. The van der Waals surface area contributed by atoms with E-state index in [1.54, 1.807) is 0 Å². The van der Waals surface area contributed by atoms with E-state index in [9.17, 15) is 23.1 Å². The lowest BCUT2D eigenvalue weighted by atomic mass is 9.95. The summed E-state index contributed by atoms with van der Waals surface area (Å²) in [4.78, 5) is 11.9. The highest BCUT2D eigenvalue weighted by Gasteiger charge is 2.46. The third-order valence-electron chi connectivity index (χ3n) is 3.14. The molecule has 0 aromatic carbocycles. The molecule has 3 atom stereocenters. The van der Waals surface area contributed by atoms with Gasteiger partial charge in [0.15, 0.2) is 5.92 Å². The maximum atomic E-state index is 12.4. The molecule has 0 bridgehead atoms. The largest absolute Gasteiger partial charge is 0.481 e. The average molecular weight is 255 g/mol. The van der Waals surface area contributed by atoms with Crippen LogP contribution >= 0.6 is 0 Å². The van der Waals surface area contributed by atoms with Crippen LogP contribution in [-0.2, 0) is 4.79 Å². The van der Waals surface area contributed by atoms with E-state index in [0.29, 0.717) is 13.0 Å². The van der Waals surface area contributed by atoms with Crippen molar-refractivity contribution in [3.63, 3.8) is 0 Å². The molecule has 4 nitrogen and oxygen atoms in total. The molecule has 7 heteroatoms. The number of aliphatic carboxylic acids is 1. The van der Waals surface area contributed by atoms with Gasteiger partial charge in [0.05, 0.1) is 6.10 Å². The SMILES string of the molecule is CC1CCN(CC(C(=O)O)C(F)(F)F)CC1O. The van der Waals surface area contributed by atoms with Gasteiger partial charge in [0.1, 0.15) is 0 Å². The van der Waals surface area contributed by atoms with Crippen molar-refractivity contribution in [1.29, 1.82) is 0 Å². The van der Waals surface area contributed by atoms with Gasteiger partial charge in [-0.3, -0.25) is 9.69 Å². The van der Waals surface area contributed by atoms with Crippen molar-refractivity contribution in [2.75, 3.05) is 19.6 Å². The number of aliphatic hydroxyl groups excluding tert-OH is 1. The fourth-order valence-electron chi connectivity index (χ4n) is 1.86. The van der Waals surface area contributed by atoms with E-state index in [1.807, 2.05) is 6.92 Å². The van der Waals surface area contributed by atoms with Gasteiger partial charge in [0, 0.05) is 13.1 Å². The molecule has 0 saturated carbocycles. The van der Waals surface area contributed by atoms with Crippen LogP contribution in [0.15, 0.2) is 0 Å². The van der Waals surface area contributed by atoms with Crippen LogP contribution in [0.1, 0.15) is 13.3 Å². The Morgan fingerprint density at radius 1 is 1.53 bits per heavy atom. The van der Waals surface area contributed by atoms with Crippen molar-refractivity contribution in [1.82, 2.24) is 4.90 Å². The minimum atomic E-state index is -4.75. The van der Waals surface area contributed by atoms with Crippen LogP contribution in [0, 0.1) is 11.8 Å². The molecule has 1 saturated heterocycles. The predicted octanol–water partition coefficient (Wildman–Crippen LogP) is 0.952. The van der Waals surface area contributed by atoms with Gasteiger partial charge in [0.25, 0.3) is 0 Å². The van der Waals surface area contributed by atoms with Gasteiger partial charge in [-0.25, -0.2) is 0 Å². The van der Waals surface area contributed by atoms with Crippen LogP contribution in [0.25, 0.3) is 0 Å². The molecule has 0 spiro atoms. The molecule has 17 heavy (non-hydrogen) atoms. The lowest BCUT2D eigenvalue weighted by Crippen LogP contribution is -2.48. The zero-order valence-corrected chi connectivity index (χ0v) is 9.44. The highest BCUT2D eigenvalue weighted by Crippen LogP contribution is 2.28. The first-order chi connectivity index (χ1) is 7.71. The number of aliphatic hydroxyl groups is 1. The fraction of sp³-hybridized carbons (Fsp3) is 0.900. The minimum Gasteiger partial charge on any atom is -0.481 e. The van der Waals surface area contributed by atoms with Crippen molar-refractivity contribution < 1.29 is 28.2 Å². The summed E-state index contributed by atoms with van der Waals surface area (Å²) in [6.07, 6.45) is -4.86. The number of rotatable bonds is 3. The van der Waals surface area contributed by atoms with Gasteiger partial charge in [-0.1, -0.05) is 6.92 Å². The Balaban J connectivity index is 2.60. The number of hydrogen-bond acceptors (Lipinski definition) is 3. The number of carbonyl (C=O) groups is 1. The molecule has 1 aliphatic heterocycles. The Morgan fingerprint density at radius 3 is 2.53 bits per heavy atom. The number of carboxylic acid groups (broad SMARTS) is 1. The predicted molar refractivity (Wildman–Crippen MR) is 53.4 cm³/mol. The summed E-state index contributed by atoms with van der Waals surface area (Å²) in [5.41, 5.74) is 0. The van der Waals surface area contributed by atoms with Crippen LogP contribution in [0.5, 0.6) is 0 Å². The minimum absolute atomic E-state index is 0.0421. The molecule has 0 aromatic rings. The van der Waals surface area contributed by atoms with Crippen LogP contribution < -0.4 is 0 Å². The Hall–Kier alpha value is -0.820. The average Bonchev–Trinajstić information content (AvgIpc) is 2.17. The molecule has 3 unspecified atom stereocenters. The number of carboxylic acids is 1. The second kappa shape index (κ2) is 5.22. The van der Waals surface area contributed by atoms with E-state index in [-0.39, 0.29) is 12.5 Å². The topological polar surface area (TPSA) is 60.8 Å². The number of likely N-dealkylation sites (tertiary alicyclic amines) is 1. The molecule has 1 rings (SSSR count). The monoisotopic (exact) mass is 255 g/mol. The molecule has 0 aliphatic carbocycles. The maximum Gasteiger partial charge on any atom is 0.403 e. The first-order valence-corrected chi connectivity index (χ1v) is 5.41. The molecule has 0 aromatic heterocycles. The quantitative estimate of drug-likeness (QED) is 0.788. The van der Waals surface area contributed by atoms with Crippen LogP contribution in [0.2, 0.25) is 0 Å². The summed E-state index contributed by atoms with van der Waals surface area (Å²) in [5, 5.41) is 18.1. The summed E-state index contributed by atoms with van der Waals surface area (Å²) >= 11 is 0. The molecule has 1 aliphatic rings. The highest BCUT2D eigenvalue weighted by atomic mass is 19.4. The van der Waals surface area contributed by atoms with Crippen molar-refractivity contribution in [3.05, 3.63) is 0 Å². The van der Waals surface area contributed by atoms with E-state index in [1.165, 1.54) is 4.90 Å². The van der Waals surface area contributed by atoms with E-state index in [0.717, 1.165) is 0 Å². The first kappa shape index (κ1) is 14.2. The highest BCUT2D eigenvalue weighted by molar-refractivity contribution is 5.71. The number of nitrogens with zero attached hydrogens (tertiary/aromatic N) is 1. The van der Waals surface area contributed by atoms with Gasteiger partial charge in [0.2, 0.25) is 0 Å². The summed E-state index contributed by atoms with van der Waals surface area (Å²) in [6.45, 7) is 1.71. The van der Waals surface area contributed by atoms with Gasteiger partial charge in [-0.2, -0.15) is 13.2 Å². The summed E-state index contributed by atoms with van der Waals surface area (Å²) in [7, 11) is 0. The number of halogens is 3. The molecule has 1 fully saturated rings. The Kier molecular flexibility index (Phi) is 4.37. The van der Waals surface area contributed by atoms with E-state index >= 15 is 0 Å². The Bertz CT molecular complexity index is 282. The summed E-state index contributed by atoms with van der Waals surface area (Å²) < 4.78 is 37.3. The molecule has 0 amide bonds. The van der Waals surface area contributed by atoms with Crippen LogP contribution in [0.3, 0.4) is 0 Å². The Morgan fingerprint density at radius 2 is 2.12 bits per heavy atom. The molecule has 0 radical (unpaired) electrons.